The average molecular weight is 272 g/mol. The summed E-state index contributed by atoms with van der Waals surface area (Å²) in [6.45, 7) is 5.79. The zero-order chi connectivity index (χ0) is 14.2. The van der Waals surface area contributed by atoms with Crippen molar-refractivity contribution in [3.05, 3.63) is 29.3 Å². The second kappa shape index (κ2) is 5.12. The van der Waals surface area contributed by atoms with E-state index >= 15 is 0 Å². The smallest absolute Gasteiger partial charge is 0.253 e. The molecule has 1 amide bonds. The van der Waals surface area contributed by atoms with Gasteiger partial charge in [0.15, 0.2) is 0 Å². The lowest BCUT2D eigenvalue weighted by Gasteiger charge is -2.17. The summed E-state index contributed by atoms with van der Waals surface area (Å²) in [5, 5.41) is 6.45. The molecule has 0 aliphatic heterocycles. The van der Waals surface area contributed by atoms with Gasteiger partial charge in [0.25, 0.3) is 5.91 Å². The maximum absolute atomic E-state index is 12.4. The molecule has 0 radical (unpaired) electrons. The van der Waals surface area contributed by atoms with Crippen LogP contribution in [0.15, 0.2) is 18.2 Å². The van der Waals surface area contributed by atoms with E-state index < -0.39 is 0 Å². The Bertz CT molecular complexity index is 516. The van der Waals surface area contributed by atoms with Crippen LogP contribution in [-0.2, 0) is 0 Å². The van der Waals surface area contributed by atoms with E-state index in [0.29, 0.717) is 5.41 Å². The molecule has 2 aliphatic rings. The van der Waals surface area contributed by atoms with Crippen molar-refractivity contribution in [1.82, 2.24) is 5.32 Å². The van der Waals surface area contributed by atoms with Crippen LogP contribution in [0.5, 0.6) is 0 Å². The Labute approximate surface area is 121 Å². The van der Waals surface area contributed by atoms with Crippen molar-refractivity contribution < 1.29 is 4.79 Å². The first kappa shape index (κ1) is 13.5. The number of anilines is 1. The molecular formula is C17H24N2O. The molecule has 2 aliphatic carbocycles. The first-order chi connectivity index (χ1) is 9.64. The molecule has 1 aromatic rings. The van der Waals surface area contributed by atoms with Crippen LogP contribution >= 0.6 is 0 Å². The van der Waals surface area contributed by atoms with E-state index in [0.717, 1.165) is 30.3 Å². The minimum absolute atomic E-state index is 0.0628. The van der Waals surface area contributed by atoms with Gasteiger partial charge >= 0.3 is 0 Å². The SMILES string of the molecule is CCNc1cc(C)ccc1C(=O)NCC1(C2CC2)CC1. The highest BCUT2D eigenvalue weighted by Gasteiger charge is 2.53. The predicted molar refractivity (Wildman–Crippen MR) is 82.1 cm³/mol. The van der Waals surface area contributed by atoms with Crippen molar-refractivity contribution in [3.8, 4) is 0 Å². The van der Waals surface area contributed by atoms with Gasteiger partial charge in [-0.3, -0.25) is 4.79 Å². The van der Waals surface area contributed by atoms with Crippen LogP contribution in [0.4, 0.5) is 5.69 Å². The summed E-state index contributed by atoms with van der Waals surface area (Å²) < 4.78 is 0. The van der Waals surface area contributed by atoms with E-state index in [2.05, 4.69) is 24.5 Å². The van der Waals surface area contributed by atoms with Crippen molar-refractivity contribution in [3.63, 3.8) is 0 Å². The number of carbonyl (C=O) groups excluding carboxylic acids is 1. The number of carbonyl (C=O) groups is 1. The summed E-state index contributed by atoms with van der Waals surface area (Å²) in [7, 11) is 0. The number of hydrogen-bond acceptors (Lipinski definition) is 2. The third-order valence-corrected chi connectivity index (χ3v) is 4.72. The molecular weight excluding hydrogens is 248 g/mol. The Morgan fingerprint density at radius 1 is 1.35 bits per heavy atom. The number of aryl methyl sites for hydroxylation is 1. The van der Waals surface area contributed by atoms with Gasteiger partial charge in [-0.2, -0.15) is 0 Å². The van der Waals surface area contributed by atoms with E-state index in [1.54, 1.807) is 0 Å². The van der Waals surface area contributed by atoms with Crippen LogP contribution in [0.25, 0.3) is 0 Å². The van der Waals surface area contributed by atoms with Crippen molar-refractivity contribution in [1.29, 1.82) is 0 Å². The molecule has 0 spiro atoms. The van der Waals surface area contributed by atoms with Crippen LogP contribution in [-0.4, -0.2) is 19.0 Å². The van der Waals surface area contributed by atoms with Crippen molar-refractivity contribution in [2.75, 3.05) is 18.4 Å². The Kier molecular flexibility index (Phi) is 3.45. The maximum atomic E-state index is 12.4. The second-order valence-corrected chi connectivity index (χ2v) is 6.40. The molecule has 2 saturated carbocycles. The van der Waals surface area contributed by atoms with Gasteiger partial charge in [-0.1, -0.05) is 6.07 Å². The van der Waals surface area contributed by atoms with Crippen LogP contribution in [0.1, 0.15) is 48.5 Å². The van der Waals surface area contributed by atoms with Gasteiger partial charge < -0.3 is 10.6 Å². The van der Waals surface area contributed by atoms with Crippen LogP contribution < -0.4 is 10.6 Å². The Morgan fingerprint density at radius 2 is 2.10 bits per heavy atom. The van der Waals surface area contributed by atoms with E-state index in [4.69, 9.17) is 0 Å². The number of nitrogens with one attached hydrogen (secondary N) is 2. The third kappa shape index (κ3) is 2.67. The van der Waals surface area contributed by atoms with Gasteiger partial charge in [-0.25, -0.2) is 0 Å². The standard InChI is InChI=1S/C17H24N2O/c1-3-18-15-10-12(2)4-7-14(15)16(20)19-11-17(8-9-17)13-5-6-13/h4,7,10,13,18H,3,5-6,8-9,11H2,1-2H3,(H,19,20). The average Bonchev–Trinajstić information content (AvgIpc) is 3.28. The quantitative estimate of drug-likeness (QED) is 0.834. The first-order valence-corrected chi connectivity index (χ1v) is 7.77. The summed E-state index contributed by atoms with van der Waals surface area (Å²) in [5.74, 6) is 0.946. The number of hydrogen-bond donors (Lipinski definition) is 2. The molecule has 2 fully saturated rings. The van der Waals surface area contributed by atoms with Crippen LogP contribution in [0.2, 0.25) is 0 Å². The highest BCUT2D eigenvalue weighted by atomic mass is 16.1. The van der Waals surface area contributed by atoms with Crippen molar-refractivity contribution in [2.24, 2.45) is 11.3 Å². The molecule has 0 bridgehead atoms. The molecule has 3 nitrogen and oxygen atoms in total. The van der Waals surface area contributed by atoms with Crippen LogP contribution in [0, 0.1) is 18.3 Å². The van der Waals surface area contributed by atoms with E-state index in [-0.39, 0.29) is 5.91 Å². The highest BCUT2D eigenvalue weighted by Crippen LogP contribution is 2.60. The maximum Gasteiger partial charge on any atom is 0.253 e. The molecule has 0 saturated heterocycles. The van der Waals surface area contributed by atoms with Crippen molar-refractivity contribution in [2.45, 2.75) is 39.5 Å². The Morgan fingerprint density at radius 3 is 2.70 bits per heavy atom. The molecule has 0 heterocycles. The summed E-state index contributed by atoms with van der Waals surface area (Å²) in [6, 6.07) is 5.98. The molecule has 0 unspecified atom stereocenters. The summed E-state index contributed by atoms with van der Waals surface area (Å²) >= 11 is 0. The fourth-order valence-corrected chi connectivity index (χ4v) is 3.13. The lowest BCUT2D eigenvalue weighted by Crippen LogP contribution is -2.31. The van der Waals surface area contributed by atoms with Gasteiger partial charge in [0.1, 0.15) is 0 Å². The number of benzene rings is 1. The van der Waals surface area contributed by atoms with Gasteiger partial charge in [-0.15, -0.1) is 0 Å². The minimum Gasteiger partial charge on any atom is -0.385 e. The predicted octanol–water partition coefficient (Wildman–Crippen LogP) is 3.35. The zero-order valence-electron chi connectivity index (χ0n) is 12.5. The molecule has 108 valence electrons. The van der Waals surface area contributed by atoms with Crippen molar-refractivity contribution >= 4 is 11.6 Å². The van der Waals surface area contributed by atoms with Gasteiger partial charge in [-0.05, 0) is 68.6 Å². The monoisotopic (exact) mass is 272 g/mol. The zero-order valence-corrected chi connectivity index (χ0v) is 12.5. The molecule has 0 atom stereocenters. The number of rotatable bonds is 6. The summed E-state index contributed by atoms with van der Waals surface area (Å²) in [5.41, 5.74) is 3.35. The topological polar surface area (TPSA) is 41.1 Å². The fourth-order valence-electron chi connectivity index (χ4n) is 3.13. The normalized spacial score (nSPS) is 19.5. The fraction of sp³-hybridized carbons (Fsp3) is 0.588. The minimum atomic E-state index is 0.0628. The highest BCUT2D eigenvalue weighted by molar-refractivity contribution is 5.99. The third-order valence-electron chi connectivity index (χ3n) is 4.72. The van der Waals surface area contributed by atoms with Gasteiger partial charge in [0, 0.05) is 18.8 Å². The largest absolute Gasteiger partial charge is 0.385 e. The van der Waals surface area contributed by atoms with Crippen LogP contribution in [0.3, 0.4) is 0 Å². The van der Waals surface area contributed by atoms with E-state index in [1.165, 1.54) is 31.2 Å². The summed E-state index contributed by atoms with van der Waals surface area (Å²) in [4.78, 5) is 12.4. The van der Waals surface area contributed by atoms with Gasteiger partial charge in [0.2, 0.25) is 0 Å². The molecule has 2 N–H and O–H groups in total. The van der Waals surface area contributed by atoms with Gasteiger partial charge in [0.05, 0.1) is 5.56 Å². The molecule has 3 rings (SSSR count). The lowest BCUT2D eigenvalue weighted by atomic mass is 10.0. The second-order valence-electron chi connectivity index (χ2n) is 6.40. The Hall–Kier alpha value is -1.51. The molecule has 1 aromatic carbocycles. The summed E-state index contributed by atoms with van der Waals surface area (Å²) in [6.07, 6.45) is 5.32. The molecule has 3 heteroatoms. The van der Waals surface area contributed by atoms with E-state index in [1.807, 2.05) is 18.2 Å². The lowest BCUT2D eigenvalue weighted by molar-refractivity contribution is 0.0943. The molecule has 20 heavy (non-hydrogen) atoms. The molecule has 0 aromatic heterocycles. The Balaban J connectivity index is 1.67. The number of amides is 1. The first-order valence-electron chi connectivity index (χ1n) is 7.77. The van der Waals surface area contributed by atoms with E-state index in [9.17, 15) is 4.79 Å².